The summed E-state index contributed by atoms with van der Waals surface area (Å²) in [6, 6.07) is 8.47. The zero-order valence-corrected chi connectivity index (χ0v) is 16.7. The Bertz CT molecular complexity index is 743. The van der Waals surface area contributed by atoms with Crippen LogP contribution in [0.1, 0.15) is 34.9 Å². The molecule has 1 aliphatic rings. The maximum absolute atomic E-state index is 6.05. The Labute approximate surface area is 160 Å². The Kier molecular flexibility index (Phi) is 6.63. The van der Waals surface area contributed by atoms with E-state index in [0.29, 0.717) is 6.61 Å². The van der Waals surface area contributed by atoms with Gasteiger partial charge in [0.25, 0.3) is 0 Å². The molecule has 0 spiro atoms. The molecule has 0 radical (unpaired) electrons. The van der Waals surface area contributed by atoms with Crippen LogP contribution < -0.4 is 5.32 Å². The number of aliphatic imine (C=N–C) groups is 1. The van der Waals surface area contributed by atoms with Crippen LogP contribution in [-0.2, 0) is 11.2 Å². The smallest absolute Gasteiger partial charge is 0.194 e. The molecule has 1 aromatic heterocycles. The van der Waals surface area contributed by atoms with Crippen molar-refractivity contribution >= 4 is 17.3 Å². The van der Waals surface area contributed by atoms with Crippen molar-refractivity contribution in [1.82, 2.24) is 15.2 Å². The molecule has 1 N–H and O–H groups in total. The Morgan fingerprint density at radius 2 is 2.23 bits per heavy atom. The number of guanidine groups is 1. The molecule has 5 nitrogen and oxygen atoms in total. The largest absolute Gasteiger partial charge is 0.370 e. The first-order valence-corrected chi connectivity index (χ1v) is 10.2. The van der Waals surface area contributed by atoms with Crippen molar-refractivity contribution in [3.05, 3.63) is 51.5 Å². The number of morpholine rings is 1. The van der Waals surface area contributed by atoms with Gasteiger partial charge >= 0.3 is 0 Å². The van der Waals surface area contributed by atoms with E-state index in [4.69, 9.17) is 9.73 Å². The summed E-state index contributed by atoms with van der Waals surface area (Å²) in [6.07, 6.45) is 0.972. The van der Waals surface area contributed by atoms with Crippen LogP contribution in [0.5, 0.6) is 0 Å². The second-order valence-electron chi connectivity index (χ2n) is 6.51. The first-order chi connectivity index (χ1) is 12.7. The molecule has 0 amide bonds. The topological polar surface area (TPSA) is 49.8 Å². The molecule has 26 heavy (non-hydrogen) atoms. The van der Waals surface area contributed by atoms with Crippen LogP contribution in [0.15, 0.2) is 34.6 Å². The van der Waals surface area contributed by atoms with Crippen LogP contribution in [0.4, 0.5) is 0 Å². The van der Waals surface area contributed by atoms with Gasteiger partial charge in [-0.25, -0.2) is 4.98 Å². The summed E-state index contributed by atoms with van der Waals surface area (Å²) in [7, 11) is 0. The van der Waals surface area contributed by atoms with E-state index in [0.717, 1.165) is 49.3 Å². The highest BCUT2D eigenvalue weighted by molar-refractivity contribution is 7.09. The third kappa shape index (κ3) is 4.83. The molecule has 2 aromatic rings. The fraction of sp³-hybridized carbons (Fsp3) is 0.500. The lowest BCUT2D eigenvalue weighted by Gasteiger charge is -2.35. The van der Waals surface area contributed by atoms with E-state index in [-0.39, 0.29) is 6.10 Å². The Morgan fingerprint density at radius 1 is 1.38 bits per heavy atom. The third-order valence-electron chi connectivity index (χ3n) is 4.53. The third-order valence-corrected chi connectivity index (χ3v) is 5.35. The lowest BCUT2D eigenvalue weighted by atomic mass is 10.0. The Morgan fingerprint density at radius 3 is 2.96 bits per heavy atom. The number of thiazole rings is 1. The van der Waals surface area contributed by atoms with Gasteiger partial charge in [-0.15, -0.1) is 11.3 Å². The number of aromatic nitrogens is 1. The van der Waals surface area contributed by atoms with E-state index in [9.17, 15) is 0 Å². The van der Waals surface area contributed by atoms with Crippen molar-refractivity contribution in [3.8, 4) is 0 Å². The van der Waals surface area contributed by atoms with E-state index in [1.165, 1.54) is 11.1 Å². The second kappa shape index (κ2) is 9.14. The van der Waals surface area contributed by atoms with E-state index in [1.807, 2.05) is 6.92 Å². The summed E-state index contributed by atoms with van der Waals surface area (Å²) in [4.78, 5) is 11.7. The molecule has 6 heteroatoms. The molecule has 1 fully saturated rings. The summed E-state index contributed by atoms with van der Waals surface area (Å²) in [5, 5.41) is 6.67. The number of aryl methyl sites for hydroxylation is 2. The van der Waals surface area contributed by atoms with Gasteiger partial charge in [0, 0.05) is 31.4 Å². The fourth-order valence-electron chi connectivity index (χ4n) is 3.20. The van der Waals surface area contributed by atoms with E-state index in [1.54, 1.807) is 11.3 Å². The monoisotopic (exact) mass is 372 g/mol. The summed E-state index contributed by atoms with van der Waals surface area (Å²) in [5.41, 5.74) is 3.68. The molecule has 1 aliphatic heterocycles. The average molecular weight is 373 g/mol. The van der Waals surface area contributed by atoms with Crippen LogP contribution >= 0.6 is 11.3 Å². The molecule has 140 valence electrons. The molecule has 0 aliphatic carbocycles. The molecule has 3 rings (SSSR count). The van der Waals surface area contributed by atoms with Crippen LogP contribution in [0, 0.1) is 13.8 Å². The zero-order chi connectivity index (χ0) is 18.4. The fourth-order valence-corrected chi connectivity index (χ4v) is 3.85. The molecule has 0 saturated carbocycles. The first kappa shape index (κ1) is 18.9. The van der Waals surface area contributed by atoms with Crippen molar-refractivity contribution in [2.45, 2.75) is 33.3 Å². The molecular weight excluding hydrogens is 344 g/mol. The van der Waals surface area contributed by atoms with Crippen molar-refractivity contribution in [1.29, 1.82) is 0 Å². The minimum Gasteiger partial charge on any atom is -0.370 e. The average Bonchev–Trinajstić information content (AvgIpc) is 3.07. The summed E-state index contributed by atoms with van der Waals surface area (Å²) in [5.74, 6) is 0.973. The summed E-state index contributed by atoms with van der Waals surface area (Å²) < 4.78 is 6.05. The predicted molar refractivity (Wildman–Crippen MR) is 108 cm³/mol. The van der Waals surface area contributed by atoms with Gasteiger partial charge in [0.2, 0.25) is 0 Å². The summed E-state index contributed by atoms with van der Waals surface area (Å²) >= 11 is 1.70. The normalized spacial score (nSPS) is 18.2. The number of hydrogen-bond acceptors (Lipinski definition) is 4. The molecule has 0 bridgehead atoms. The first-order valence-electron chi connectivity index (χ1n) is 9.28. The lowest BCUT2D eigenvalue weighted by molar-refractivity contribution is -0.00832. The highest BCUT2D eigenvalue weighted by Crippen LogP contribution is 2.25. The number of benzene rings is 1. The van der Waals surface area contributed by atoms with Gasteiger partial charge in [0.05, 0.1) is 23.9 Å². The van der Waals surface area contributed by atoms with E-state index in [2.05, 4.69) is 58.7 Å². The number of ether oxygens (including phenoxy) is 1. The van der Waals surface area contributed by atoms with Gasteiger partial charge in [-0.1, -0.05) is 24.3 Å². The van der Waals surface area contributed by atoms with Crippen molar-refractivity contribution in [3.63, 3.8) is 0 Å². The number of nitrogens with zero attached hydrogens (tertiary/aromatic N) is 3. The summed E-state index contributed by atoms with van der Waals surface area (Å²) in [6.45, 7) is 10.3. The van der Waals surface area contributed by atoms with Crippen LogP contribution in [-0.4, -0.2) is 48.6 Å². The lowest BCUT2D eigenvalue weighted by Crippen LogP contribution is -2.48. The van der Waals surface area contributed by atoms with Crippen molar-refractivity contribution < 1.29 is 4.74 Å². The Balaban J connectivity index is 1.66. The minimum absolute atomic E-state index is 0.0926. The quantitative estimate of drug-likeness (QED) is 0.646. The van der Waals surface area contributed by atoms with Gasteiger partial charge in [-0.3, -0.25) is 4.99 Å². The van der Waals surface area contributed by atoms with Gasteiger partial charge in [-0.05, 0) is 31.9 Å². The Hall–Kier alpha value is -1.92. The maximum atomic E-state index is 6.05. The molecule has 1 atom stereocenters. The van der Waals surface area contributed by atoms with Gasteiger partial charge in [0.1, 0.15) is 6.10 Å². The highest BCUT2D eigenvalue weighted by Gasteiger charge is 2.25. The van der Waals surface area contributed by atoms with Crippen LogP contribution in [0.25, 0.3) is 0 Å². The van der Waals surface area contributed by atoms with Crippen LogP contribution in [0.2, 0.25) is 0 Å². The van der Waals surface area contributed by atoms with Crippen LogP contribution in [0.3, 0.4) is 0 Å². The van der Waals surface area contributed by atoms with Gasteiger partial charge < -0.3 is 15.0 Å². The maximum Gasteiger partial charge on any atom is 0.194 e. The molecule has 2 heterocycles. The van der Waals surface area contributed by atoms with E-state index < -0.39 is 0 Å². The molecular formula is C20H28N4OS. The predicted octanol–water partition coefficient (Wildman–Crippen LogP) is 3.34. The van der Waals surface area contributed by atoms with Crippen molar-refractivity contribution in [2.75, 3.05) is 32.8 Å². The van der Waals surface area contributed by atoms with Gasteiger partial charge in [0.15, 0.2) is 5.96 Å². The van der Waals surface area contributed by atoms with Crippen molar-refractivity contribution in [2.24, 2.45) is 4.99 Å². The second-order valence-corrected chi connectivity index (χ2v) is 7.57. The number of hydrogen-bond donors (Lipinski definition) is 1. The van der Waals surface area contributed by atoms with E-state index >= 15 is 0 Å². The standard InChI is InChI=1S/C20H28N4OS/c1-4-21-20(22-10-9-17-14-26-16(3)23-17)24-11-12-25-19(13-24)18-8-6-5-7-15(18)2/h5-8,14,19H,4,9-13H2,1-3H3,(H,21,22). The minimum atomic E-state index is 0.0926. The number of rotatable bonds is 5. The van der Waals surface area contributed by atoms with Gasteiger partial charge in [-0.2, -0.15) is 0 Å². The highest BCUT2D eigenvalue weighted by atomic mass is 32.1. The molecule has 1 unspecified atom stereocenters. The molecule has 1 aromatic carbocycles. The zero-order valence-electron chi connectivity index (χ0n) is 15.9. The number of nitrogens with one attached hydrogen (secondary N) is 1. The SMILES string of the molecule is CCNC(=NCCc1csc(C)n1)N1CCOC(c2ccccc2C)C1. The molecule has 1 saturated heterocycles.